The minimum Gasteiger partial charge on any atom is -0.365 e. The number of benzene rings is 1. The molecule has 3 rings (SSSR count). The highest BCUT2D eigenvalue weighted by Crippen LogP contribution is 2.33. The highest BCUT2D eigenvalue weighted by Gasteiger charge is 2.37. The summed E-state index contributed by atoms with van der Waals surface area (Å²) in [5.74, 6) is -1.04. The number of alkyl halides is 3. The molecule has 0 saturated carbocycles. The number of H-pyrrole nitrogens is 2. The first-order valence-corrected chi connectivity index (χ1v) is 8.18. The van der Waals surface area contributed by atoms with E-state index in [1.807, 2.05) is 5.10 Å². The monoisotopic (exact) mass is 431 g/mol. The molecular weight excluding hydrogens is 422 g/mol. The van der Waals surface area contributed by atoms with Crippen LogP contribution in [0.15, 0.2) is 29.3 Å². The zero-order chi connectivity index (χ0) is 20.5. The van der Waals surface area contributed by atoms with Crippen LogP contribution < -0.4 is 11.1 Å². The topological polar surface area (TPSA) is 125 Å². The van der Waals surface area contributed by atoms with Crippen molar-refractivity contribution >= 4 is 52.6 Å². The number of anilines is 2. The summed E-state index contributed by atoms with van der Waals surface area (Å²) < 4.78 is 38.9. The average molecular weight is 432 g/mol. The van der Waals surface area contributed by atoms with Gasteiger partial charge in [0.1, 0.15) is 10.7 Å². The molecule has 8 nitrogen and oxygen atoms in total. The normalized spacial score (nSPS) is 11.9. The molecule has 146 valence electrons. The zero-order valence-electron chi connectivity index (χ0n) is 13.6. The van der Waals surface area contributed by atoms with Gasteiger partial charge in [0.15, 0.2) is 17.3 Å². The molecule has 0 bridgehead atoms. The number of carbonyl (C=O) groups is 1. The van der Waals surface area contributed by atoms with Crippen molar-refractivity contribution in [2.24, 2.45) is 10.7 Å². The van der Waals surface area contributed by atoms with E-state index < -0.39 is 23.3 Å². The molecule has 13 heteroatoms. The van der Waals surface area contributed by atoms with E-state index in [1.165, 1.54) is 0 Å². The van der Waals surface area contributed by atoms with Gasteiger partial charge in [0.2, 0.25) is 0 Å². The molecule has 0 spiro atoms. The Morgan fingerprint density at radius 2 is 2.00 bits per heavy atom. The fraction of sp³-hybridized carbons (Fsp3) is 0.0667. The highest BCUT2D eigenvalue weighted by atomic mass is 35.5. The number of rotatable bonds is 5. The van der Waals surface area contributed by atoms with Gasteiger partial charge < -0.3 is 11.1 Å². The van der Waals surface area contributed by atoms with Crippen LogP contribution in [-0.4, -0.2) is 32.5 Å². The number of amides is 1. The van der Waals surface area contributed by atoms with Crippen LogP contribution in [0.2, 0.25) is 10.2 Å². The lowest BCUT2D eigenvalue weighted by Crippen LogP contribution is -2.12. The second-order valence-electron chi connectivity index (χ2n) is 5.35. The van der Waals surface area contributed by atoms with E-state index in [0.29, 0.717) is 10.7 Å². The van der Waals surface area contributed by atoms with Crippen molar-refractivity contribution < 1.29 is 18.0 Å². The Hall–Kier alpha value is -3.05. The summed E-state index contributed by atoms with van der Waals surface area (Å²) in [5, 5.41) is 14.3. The summed E-state index contributed by atoms with van der Waals surface area (Å²) in [4.78, 5) is 15.6. The van der Waals surface area contributed by atoms with E-state index in [9.17, 15) is 18.0 Å². The van der Waals surface area contributed by atoms with Gasteiger partial charge in [-0.15, -0.1) is 0 Å². The van der Waals surface area contributed by atoms with E-state index in [2.05, 4.69) is 25.6 Å². The minimum absolute atomic E-state index is 0.0243. The molecule has 0 aliphatic heterocycles. The van der Waals surface area contributed by atoms with Crippen molar-refractivity contribution in [3.8, 4) is 0 Å². The van der Waals surface area contributed by atoms with E-state index in [1.54, 1.807) is 24.3 Å². The number of carbonyl (C=O) groups excluding carboxylic acids is 1. The summed E-state index contributed by atoms with van der Waals surface area (Å²) in [6, 6.07) is 6.55. The standard InChI is InChI=1S/C15H10Cl2F3N7O/c16-6-2-1-3-7(4-6)23-14-9(12(21)28)13(26-27-14)22-5-8-10(15(18,19)20)24-25-11(8)17/h1-5H,(H2,21,28)(H,24,25)(H2,23,26,27)/b22-5+. The number of primary amides is 1. The molecule has 0 aliphatic rings. The minimum atomic E-state index is -4.75. The first-order valence-electron chi connectivity index (χ1n) is 7.42. The second-order valence-corrected chi connectivity index (χ2v) is 6.17. The van der Waals surface area contributed by atoms with Gasteiger partial charge in [-0.1, -0.05) is 29.3 Å². The molecule has 2 heterocycles. The molecule has 28 heavy (non-hydrogen) atoms. The van der Waals surface area contributed by atoms with Gasteiger partial charge in [-0.2, -0.15) is 23.4 Å². The van der Waals surface area contributed by atoms with Crippen molar-refractivity contribution in [1.82, 2.24) is 20.4 Å². The number of hydrogen-bond donors (Lipinski definition) is 4. The lowest BCUT2D eigenvalue weighted by Gasteiger charge is -2.05. The predicted molar refractivity (Wildman–Crippen MR) is 97.7 cm³/mol. The van der Waals surface area contributed by atoms with E-state index in [-0.39, 0.29) is 22.4 Å². The van der Waals surface area contributed by atoms with E-state index >= 15 is 0 Å². The van der Waals surface area contributed by atoms with Crippen LogP contribution in [0.3, 0.4) is 0 Å². The fourth-order valence-electron chi connectivity index (χ4n) is 2.25. The molecule has 3 aromatic rings. The summed E-state index contributed by atoms with van der Waals surface area (Å²) in [6.07, 6.45) is -3.94. The Kier molecular flexibility index (Phi) is 5.29. The molecule has 0 saturated heterocycles. The number of nitrogens with one attached hydrogen (secondary N) is 3. The van der Waals surface area contributed by atoms with Gasteiger partial charge in [0.05, 0.1) is 5.56 Å². The average Bonchev–Trinajstić information content (AvgIpc) is 3.16. The quantitative estimate of drug-likeness (QED) is 0.454. The molecular formula is C15H10Cl2F3N7O. The Labute approximate surface area is 164 Å². The Bertz CT molecular complexity index is 1060. The van der Waals surface area contributed by atoms with Gasteiger partial charge in [-0.25, -0.2) is 4.99 Å². The van der Waals surface area contributed by atoms with Crippen LogP contribution in [0.1, 0.15) is 21.6 Å². The Morgan fingerprint density at radius 1 is 1.25 bits per heavy atom. The largest absolute Gasteiger partial charge is 0.435 e. The Balaban J connectivity index is 1.96. The Morgan fingerprint density at radius 3 is 2.64 bits per heavy atom. The molecule has 1 amide bonds. The third-order valence-electron chi connectivity index (χ3n) is 3.43. The van der Waals surface area contributed by atoms with Crippen LogP contribution in [0.5, 0.6) is 0 Å². The molecule has 0 atom stereocenters. The maximum Gasteiger partial charge on any atom is 0.435 e. The van der Waals surface area contributed by atoms with Gasteiger partial charge in [-0.3, -0.25) is 15.0 Å². The van der Waals surface area contributed by atoms with Crippen LogP contribution in [0, 0.1) is 0 Å². The molecule has 1 aromatic carbocycles. The molecule has 0 fully saturated rings. The highest BCUT2D eigenvalue weighted by molar-refractivity contribution is 6.32. The van der Waals surface area contributed by atoms with E-state index in [4.69, 9.17) is 28.9 Å². The number of aliphatic imine (C=N–C) groups is 1. The second kappa shape index (κ2) is 7.52. The smallest absolute Gasteiger partial charge is 0.365 e. The lowest BCUT2D eigenvalue weighted by atomic mass is 10.2. The number of aromatic nitrogens is 4. The van der Waals surface area contributed by atoms with Gasteiger partial charge in [-0.05, 0) is 18.2 Å². The zero-order valence-corrected chi connectivity index (χ0v) is 15.1. The first-order chi connectivity index (χ1) is 13.2. The number of nitrogens with two attached hydrogens (primary N) is 1. The van der Waals surface area contributed by atoms with Crippen molar-refractivity contribution in [3.05, 3.63) is 51.3 Å². The number of aromatic amines is 2. The van der Waals surface area contributed by atoms with Crippen LogP contribution >= 0.6 is 23.2 Å². The lowest BCUT2D eigenvalue weighted by molar-refractivity contribution is -0.141. The number of halogens is 5. The SMILES string of the molecule is NC(=O)c1c(Nc2cccc(Cl)c2)n[nH]c1/N=C/c1c(C(F)(F)F)n[nH]c1Cl. The number of hydrogen-bond acceptors (Lipinski definition) is 5. The molecule has 0 unspecified atom stereocenters. The first kappa shape index (κ1) is 19.7. The molecule has 2 aromatic heterocycles. The van der Waals surface area contributed by atoms with Crippen molar-refractivity contribution in [2.45, 2.75) is 6.18 Å². The summed E-state index contributed by atoms with van der Waals surface area (Å²) in [5.41, 5.74) is 3.96. The van der Waals surface area contributed by atoms with Crippen LogP contribution in [-0.2, 0) is 6.18 Å². The van der Waals surface area contributed by atoms with Crippen molar-refractivity contribution in [1.29, 1.82) is 0 Å². The van der Waals surface area contributed by atoms with Crippen LogP contribution in [0.4, 0.5) is 30.5 Å². The maximum absolute atomic E-state index is 13.0. The van der Waals surface area contributed by atoms with Crippen molar-refractivity contribution in [3.63, 3.8) is 0 Å². The predicted octanol–water partition coefficient (Wildman–Crippen LogP) is 4.05. The van der Waals surface area contributed by atoms with Gasteiger partial charge >= 0.3 is 6.18 Å². The molecule has 0 radical (unpaired) electrons. The van der Waals surface area contributed by atoms with Crippen LogP contribution in [0.25, 0.3) is 0 Å². The number of nitrogens with zero attached hydrogens (tertiary/aromatic N) is 3. The third-order valence-corrected chi connectivity index (χ3v) is 3.95. The van der Waals surface area contributed by atoms with Gasteiger partial charge in [0.25, 0.3) is 5.91 Å². The summed E-state index contributed by atoms with van der Waals surface area (Å²) >= 11 is 11.6. The molecule has 5 N–H and O–H groups in total. The molecule has 0 aliphatic carbocycles. The van der Waals surface area contributed by atoms with Crippen molar-refractivity contribution in [2.75, 3.05) is 5.32 Å². The summed E-state index contributed by atoms with van der Waals surface area (Å²) in [6.45, 7) is 0. The van der Waals surface area contributed by atoms with E-state index in [0.717, 1.165) is 6.21 Å². The fourth-order valence-corrected chi connectivity index (χ4v) is 2.62. The third kappa shape index (κ3) is 4.10. The summed E-state index contributed by atoms with van der Waals surface area (Å²) in [7, 11) is 0. The van der Waals surface area contributed by atoms with Gasteiger partial charge in [0, 0.05) is 16.9 Å². The maximum atomic E-state index is 13.0.